The lowest BCUT2D eigenvalue weighted by Crippen LogP contribution is -2.25. The van der Waals surface area contributed by atoms with Gasteiger partial charge in [0.2, 0.25) is 10.0 Å². The number of hydrogen-bond acceptors (Lipinski definition) is 9. The lowest BCUT2D eigenvalue weighted by atomic mass is 10.0. The average Bonchev–Trinajstić information content (AvgIpc) is 3.79. The number of aromatic nitrogens is 7. The van der Waals surface area contributed by atoms with Crippen molar-refractivity contribution in [3.8, 4) is 39.7 Å². The third-order valence-corrected chi connectivity index (χ3v) is 8.43. The molecule has 7 rings (SSSR count). The normalized spacial score (nSPS) is 14.1. The highest BCUT2D eigenvalue weighted by Gasteiger charge is 2.18. The molecule has 0 atom stereocenters. The molecule has 3 N–H and O–H groups in total. The van der Waals surface area contributed by atoms with Crippen LogP contribution in [-0.2, 0) is 16.6 Å². The highest BCUT2D eigenvalue weighted by Crippen LogP contribution is 2.33. The zero-order valence-electron chi connectivity index (χ0n) is 24.4. The molecule has 14 heteroatoms. The summed E-state index contributed by atoms with van der Waals surface area (Å²) in [6, 6.07) is 8.24. The number of sulfonamides is 1. The Bertz CT molecular complexity index is 2120. The van der Waals surface area contributed by atoms with Gasteiger partial charge in [-0.1, -0.05) is 0 Å². The maximum atomic E-state index is 14.6. The predicted octanol–water partition coefficient (Wildman–Crippen LogP) is 4.29. The molecule has 6 heterocycles. The molecule has 12 nitrogen and oxygen atoms in total. The molecule has 0 unspecified atom stereocenters. The van der Waals surface area contributed by atoms with E-state index in [1.165, 1.54) is 25.0 Å². The molecule has 0 aliphatic carbocycles. The summed E-state index contributed by atoms with van der Waals surface area (Å²) in [5, 5.41) is 8.34. The van der Waals surface area contributed by atoms with Crippen LogP contribution in [0.2, 0.25) is 0 Å². The molecule has 0 radical (unpaired) electrons. The number of benzene rings is 1. The lowest BCUT2D eigenvalue weighted by molar-refractivity contribution is 0.237. The van der Waals surface area contributed by atoms with Gasteiger partial charge in [0.15, 0.2) is 5.82 Å². The zero-order valence-corrected chi connectivity index (χ0v) is 25.2. The van der Waals surface area contributed by atoms with Gasteiger partial charge >= 0.3 is 0 Å². The number of imidazole rings is 1. The van der Waals surface area contributed by atoms with Crippen LogP contribution in [0.3, 0.4) is 0 Å². The Hall–Kier alpha value is -4.79. The molecular formula is C31H30FN9O3S. The van der Waals surface area contributed by atoms with E-state index in [9.17, 15) is 12.8 Å². The molecule has 0 spiro atoms. The first-order valence-electron chi connectivity index (χ1n) is 14.5. The molecule has 1 aromatic carbocycles. The number of fused-ring (bicyclic) bond motifs is 2. The number of hydrogen-bond donors (Lipinski definition) is 3. The van der Waals surface area contributed by atoms with Crippen LogP contribution in [0.25, 0.3) is 55.8 Å². The van der Waals surface area contributed by atoms with Gasteiger partial charge in [-0.3, -0.25) is 25.0 Å². The minimum absolute atomic E-state index is 0.0440. The highest BCUT2D eigenvalue weighted by atomic mass is 32.2. The van der Waals surface area contributed by atoms with E-state index >= 15 is 0 Å². The SMILES string of the molecule is CS(=O)(=O)NCc1cc(F)cc(-c2cncc3[nH]c(-c4n[nH]c5cnc(-c6cncc(OCCN7CCCC7)c6)cc45)nc23)c1. The lowest BCUT2D eigenvalue weighted by Gasteiger charge is -2.15. The van der Waals surface area contributed by atoms with Gasteiger partial charge in [0.05, 0.1) is 47.1 Å². The predicted molar refractivity (Wildman–Crippen MR) is 168 cm³/mol. The number of rotatable bonds is 10. The Morgan fingerprint density at radius 2 is 1.82 bits per heavy atom. The number of likely N-dealkylation sites (tertiary alicyclic amines) is 1. The van der Waals surface area contributed by atoms with Gasteiger partial charge in [0.1, 0.15) is 23.9 Å². The van der Waals surface area contributed by atoms with E-state index in [1.807, 2.05) is 12.1 Å². The van der Waals surface area contributed by atoms with Crippen molar-refractivity contribution in [2.75, 3.05) is 32.5 Å². The summed E-state index contributed by atoms with van der Waals surface area (Å²) < 4.78 is 46.1. The van der Waals surface area contributed by atoms with Crippen molar-refractivity contribution >= 4 is 32.0 Å². The van der Waals surface area contributed by atoms with Gasteiger partial charge in [-0.15, -0.1) is 0 Å². The Kier molecular flexibility index (Phi) is 7.69. The van der Waals surface area contributed by atoms with Crippen molar-refractivity contribution in [3.63, 3.8) is 0 Å². The number of aromatic amines is 2. The molecule has 5 aromatic heterocycles. The number of ether oxygens (including phenoxy) is 1. The minimum atomic E-state index is -3.44. The second-order valence-electron chi connectivity index (χ2n) is 11.1. The molecule has 1 fully saturated rings. The molecule has 0 amide bonds. The molecule has 1 aliphatic heterocycles. The quantitative estimate of drug-likeness (QED) is 0.202. The third kappa shape index (κ3) is 6.38. The van der Waals surface area contributed by atoms with Gasteiger partial charge in [0.25, 0.3) is 0 Å². The van der Waals surface area contributed by atoms with Crippen LogP contribution in [0.15, 0.2) is 61.3 Å². The summed E-state index contributed by atoms with van der Waals surface area (Å²) in [6.07, 6.45) is 12.0. The largest absolute Gasteiger partial charge is 0.491 e. The van der Waals surface area contributed by atoms with Crippen LogP contribution in [0.4, 0.5) is 4.39 Å². The van der Waals surface area contributed by atoms with E-state index in [-0.39, 0.29) is 6.54 Å². The van der Waals surface area contributed by atoms with Crippen LogP contribution < -0.4 is 9.46 Å². The van der Waals surface area contributed by atoms with Gasteiger partial charge in [0, 0.05) is 42.0 Å². The number of nitrogens with one attached hydrogen (secondary N) is 3. The monoisotopic (exact) mass is 627 g/mol. The van der Waals surface area contributed by atoms with Gasteiger partial charge < -0.3 is 9.72 Å². The average molecular weight is 628 g/mol. The number of pyridine rings is 3. The summed E-state index contributed by atoms with van der Waals surface area (Å²) >= 11 is 0. The van der Waals surface area contributed by atoms with Gasteiger partial charge in [-0.25, -0.2) is 22.5 Å². The minimum Gasteiger partial charge on any atom is -0.491 e. The first-order valence-corrected chi connectivity index (χ1v) is 16.4. The Morgan fingerprint density at radius 1 is 0.978 bits per heavy atom. The fourth-order valence-corrected chi connectivity index (χ4v) is 6.00. The molecule has 0 saturated carbocycles. The second kappa shape index (κ2) is 12.0. The molecule has 0 bridgehead atoms. The van der Waals surface area contributed by atoms with Crippen LogP contribution in [0, 0.1) is 5.82 Å². The molecular weight excluding hydrogens is 597 g/mol. The Labute approximate surface area is 258 Å². The van der Waals surface area contributed by atoms with Crippen molar-refractivity contribution in [1.29, 1.82) is 0 Å². The van der Waals surface area contributed by atoms with Gasteiger partial charge in [-0.2, -0.15) is 5.10 Å². The molecule has 230 valence electrons. The van der Waals surface area contributed by atoms with Crippen molar-refractivity contribution in [1.82, 2.24) is 44.7 Å². The maximum absolute atomic E-state index is 14.6. The van der Waals surface area contributed by atoms with E-state index in [1.54, 1.807) is 37.1 Å². The van der Waals surface area contributed by atoms with Crippen LogP contribution in [0.1, 0.15) is 18.4 Å². The van der Waals surface area contributed by atoms with Crippen LogP contribution in [-0.4, -0.2) is 80.9 Å². The number of H-pyrrole nitrogens is 2. The molecule has 6 aromatic rings. The third-order valence-electron chi connectivity index (χ3n) is 7.76. The molecule has 45 heavy (non-hydrogen) atoms. The van der Waals surface area contributed by atoms with Crippen LogP contribution in [0.5, 0.6) is 5.75 Å². The highest BCUT2D eigenvalue weighted by molar-refractivity contribution is 7.88. The van der Waals surface area contributed by atoms with E-state index in [0.717, 1.165) is 42.4 Å². The zero-order chi connectivity index (χ0) is 31.0. The number of halogens is 1. The van der Waals surface area contributed by atoms with E-state index in [2.05, 4.69) is 39.8 Å². The summed E-state index contributed by atoms with van der Waals surface area (Å²) in [5.41, 5.74) is 5.61. The fraction of sp³-hybridized carbons (Fsp3) is 0.258. The van der Waals surface area contributed by atoms with Gasteiger partial charge in [-0.05, 0) is 67.4 Å². The number of nitrogens with zero attached hydrogens (tertiary/aromatic N) is 6. The van der Waals surface area contributed by atoms with Crippen LogP contribution >= 0.6 is 0 Å². The molecule has 1 saturated heterocycles. The summed E-state index contributed by atoms with van der Waals surface area (Å²) in [4.78, 5) is 23.9. The van der Waals surface area contributed by atoms with Crippen molar-refractivity contribution in [2.24, 2.45) is 0 Å². The first kappa shape index (κ1) is 29.0. The smallest absolute Gasteiger partial charge is 0.209 e. The Morgan fingerprint density at radius 3 is 2.67 bits per heavy atom. The maximum Gasteiger partial charge on any atom is 0.209 e. The molecule has 1 aliphatic rings. The van der Waals surface area contributed by atoms with E-state index in [4.69, 9.17) is 9.72 Å². The second-order valence-corrected chi connectivity index (χ2v) is 12.9. The summed E-state index contributed by atoms with van der Waals surface area (Å²) in [5.74, 6) is 0.681. The standard InChI is InChI=1S/C31H30FN9O3S/c1-45(42,43)36-13-19-8-20(10-22(32)9-19)25-16-34-17-28-29(25)38-31(37-28)30-24-12-26(35-18-27(24)39-40-30)21-11-23(15-33-14-21)44-7-6-41-4-2-3-5-41/h8-12,14-18,36H,2-7,13H2,1H3,(H,37,38)(H,39,40). The van der Waals surface area contributed by atoms with Crippen molar-refractivity contribution < 1.29 is 17.5 Å². The topological polar surface area (TPSA) is 155 Å². The van der Waals surface area contributed by atoms with E-state index < -0.39 is 15.8 Å². The van der Waals surface area contributed by atoms with Crippen molar-refractivity contribution in [3.05, 3.63) is 72.7 Å². The fourth-order valence-electron chi connectivity index (χ4n) is 5.57. The summed E-state index contributed by atoms with van der Waals surface area (Å²) in [6.45, 7) is 3.69. The summed E-state index contributed by atoms with van der Waals surface area (Å²) in [7, 11) is -3.44. The first-order chi connectivity index (χ1) is 21.8. The Balaban J connectivity index is 1.19. The van der Waals surface area contributed by atoms with Crippen molar-refractivity contribution in [2.45, 2.75) is 19.4 Å². The van der Waals surface area contributed by atoms with E-state index in [0.29, 0.717) is 57.3 Å².